The van der Waals surface area contributed by atoms with E-state index in [1.54, 1.807) is 29.2 Å². The van der Waals surface area contributed by atoms with Crippen LogP contribution in [0.3, 0.4) is 0 Å². The average Bonchev–Trinajstić information content (AvgIpc) is 3.41. The van der Waals surface area contributed by atoms with Gasteiger partial charge in [-0.25, -0.2) is 4.99 Å². The number of carbonyl (C=O) groups excluding carboxylic acids is 2. The van der Waals surface area contributed by atoms with E-state index in [0.717, 1.165) is 29.7 Å². The Morgan fingerprint density at radius 2 is 2.03 bits per heavy atom. The van der Waals surface area contributed by atoms with Gasteiger partial charge in [0.2, 0.25) is 11.8 Å². The number of hydrogen-bond acceptors (Lipinski definition) is 6. The van der Waals surface area contributed by atoms with Gasteiger partial charge in [-0.3, -0.25) is 14.5 Å². The van der Waals surface area contributed by atoms with Crippen molar-refractivity contribution < 1.29 is 23.1 Å². The maximum absolute atomic E-state index is 13.3. The van der Waals surface area contributed by atoms with E-state index in [1.165, 1.54) is 11.8 Å². The van der Waals surface area contributed by atoms with Crippen molar-refractivity contribution in [2.75, 3.05) is 18.5 Å². The number of aryl methyl sites for hydroxylation is 2. The number of amidine groups is 1. The monoisotopic (exact) mass is 519 g/mol. The first-order valence-corrected chi connectivity index (χ1v) is 13.1. The zero-order chi connectivity index (χ0) is 24.9. The van der Waals surface area contributed by atoms with Crippen LogP contribution in [0, 0.1) is 13.8 Å². The van der Waals surface area contributed by atoms with Gasteiger partial charge in [0.05, 0.1) is 18.3 Å². The van der Waals surface area contributed by atoms with Gasteiger partial charge < -0.3 is 10.1 Å². The standard InChI is InChI=1S/C25H27F2N3O3S2/c1-15-5-10-20(16(2)12-15)29-22(31)13-21-23(32)30(14-18-4-3-11-33-18)25(35-21)28-17-6-8-19(9-7-17)34-24(26)27/h5-10,12,18,21,24H,3-4,11,13-14H2,1-2H3,(H,29,31). The van der Waals surface area contributed by atoms with Crippen molar-refractivity contribution in [1.29, 1.82) is 0 Å². The number of thioether (sulfide) groups is 2. The molecule has 35 heavy (non-hydrogen) atoms. The summed E-state index contributed by atoms with van der Waals surface area (Å²) in [6.45, 7) is 4.95. The lowest BCUT2D eigenvalue weighted by Gasteiger charge is -2.20. The van der Waals surface area contributed by atoms with Gasteiger partial charge in [0.25, 0.3) is 5.76 Å². The summed E-state index contributed by atoms with van der Waals surface area (Å²) in [5, 5.41) is 2.80. The molecule has 4 rings (SSSR count). The van der Waals surface area contributed by atoms with Crippen LogP contribution >= 0.6 is 23.5 Å². The molecule has 186 valence electrons. The van der Waals surface area contributed by atoms with Crippen molar-refractivity contribution >= 4 is 51.9 Å². The number of aliphatic imine (C=N–C) groups is 1. The number of benzene rings is 2. The third kappa shape index (κ3) is 6.83. The molecule has 0 bridgehead atoms. The number of alkyl halides is 2. The molecule has 10 heteroatoms. The van der Waals surface area contributed by atoms with Gasteiger partial charge in [-0.2, -0.15) is 8.78 Å². The fourth-order valence-electron chi connectivity index (χ4n) is 4.02. The molecular weight excluding hydrogens is 492 g/mol. The molecule has 2 aromatic carbocycles. The van der Waals surface area contributed by atoms with Crippen LogP contribution in [0.1, 0.15) is 30.4 Å². The SMILES string of the molecule is Cc1ccc(NC(=O)CC2SC(=Nc3ccc(SC(F)F)cc3)N(CC3CCCO3)C2=O)c(C)c1. The number of halogens is 2. The summed E-state index contributed by atoms with van der Waals surface area (Å²) >= 11 is 1.72. The average molecular weight is 520 g/mol. The van der Waals surface area contributed by atoms with Crippen molar-refractivity contribution in [2.45, 2.75) is 55.1 Å². The third-order valence-corrected chi connectivity index (χ3v) is 7.64. The Bertz CT molecular complexity index is 1110. The van der Waals surface area contributed by atoms with E-state index in [-0.39, 0.29) is 24.3 Å². The van der Waals surface area contributed by atoms with E-state index in [1.807, 2.05) is 32.0 Å². The molecule has 2 atom stereocenters. The summed E-state index contributed by atoms with van der Waals surface area (Å²) in [5.74, 6) is -2.91. The van der Waals surface area contributed by atoms with Gasteiger partial charge in [0, 0.05) is 23.6 Å². The number of nitrogens with zero attached hydrogens (tertiary/aromatic N) is 2. The van der Waals surface area contributed by atoms with Crippen LogP contribution in [0.5, 0.6) is 0 Å². The molecule has 0 saturated carbocycles. The molecule has 2 unspecified atom stereocenters. The lowest BCUT2D eigenvalue weighted by Crippen LogP contribution is -2.38. The Hall–Kier alpha value is -2.43. The van der Waals surface area contributed by atoms with Gasteiger partial charge in [0.1, 0.15) is 5.25 Å². The van der Waals surface area contributed by atoms with Crippen LogP contribution in [0.15, 0.2) is 52.4 Å². The molecule has 6 nitrogen and oxygen atoms in total. The van der Waals surface area contributed by atoms with Gasteiger partial charge in [0.15, 0.2) is 5.17 Å². The number of anilines is 1. The predicted octanol–water partition coefficient (Wildman–Crippen LogP) is 5.76. The zero-order valence-electron chi connectivity index (χ0n) is 19.5. The molecule has 2 aromatic rings. The summed E-state index contributed by atoms with van der Waals surface area (Å²) in [4.78, 5) is 32.7. The second kappa shape index (κ2) is 11.5. The largest absolute Gasteiger partial charge is 0.376 e. The minimum absolute atomic E-state index is 0.0157. The van der Waals surface area contributed by atoms with Crippen molar-refractivity contribution in [3.05, 3.63) is 53.6 Å². The molecule has 2 heterocycles. The molecule has 2 aliphatic rings. The maximum atomic E-state index is 13.3. The Morgan fingerprint density at radius 1 is 1.26 bits per heavy atom. The van der Waals surface area contributed by atoms with Crippen molar-refractivity contribution in [1.82, 2.24) is 4.90 Å². The Kier molecular flexibility index (Phi) is 8.46. The van der Waals surface area contributed by atoms with Crippen LogP contribution in [-0.2, 0) is 14.3 Å². The molecule has 2 saturated heterocycles. The normalized spacial score (nSPS) is 21.3. The first kappa shape index (κ1) is 25.7. The fraction of sp³-hybridized carbons (Fsp3) is 0.400. The lowest BCUT2D eigenvalue weighted by atomic mass is 10.1. The van der Waals surface area contributed by atoms with E-state index in [0.29, 0.717) is 40.7 Å². The van der Waals surface area contributed by atoms with Crippen LogP contribution < -0.4 is 5.32 Å². The number of rotatable bonds is 8. The number of amides is 2. The second-order valence-electron chi connectivity index (χ2n) is 8.53. The first-order valence-electron chi connectivity index (χ1n) is 11.4. The molecule has 0 aliphatic carbocycles. The van der Waals surface area contributed by atoms with Crippen molar-refractivity contribution in [2.24, 2.45) is 4.99 Å². The number of hydrogen-bond donors (Lipinski definition) is 1. The molecule has 2 fully saturated rings. The highest BCUT2D eigenvalue weighted by atomic mass is 32.2. The molecule has 0 radical (unpaired) electrons. The fourth-order valence-corrected chi connectivity index (χ4v) is 5.69. The van der Waals surface area contributed by atoms with Crippen LogP contribution in [-0.4, -0.2) is 52.1 Å². The molecule has 0 spiro atoms. The summed E-state index contributed by atoms with van der Waals surface area (Å²) in [6, 6.07) is 12.2. The van der Waals surface area contributed by atoms with E-state index in [9.17, 15) is 18.4 Å². The van der Waals surface area contributed by atoms with Gasteiger partial charge in [-0.15, -0.1) is 0 Å². The maximum Gasteiger partial charge on any atom is 0.288 e. The zero-order valence-corrected chi connectivity index (χ0v) is 21.1. The number of nitrogens with one attached hydrogen (secondary N) is 1. The van der Waals surface area contributed by atoms with Crippen molar-refractivity contribution in [3.8, 4) is 0 Å². The minimum atomic E-state index is -2.49. The molecule has 1 N–H and O–H groups in total. The third-order valence-electron chi connectivity index (χ3n) is 5.74. The lowest BCUT2D eigenvalue weighted by molar-refractivity contribution is -0.129. The van der Waals surface area contributed by atoms with E-state index in [4.69, 9.17) is 4.74 Å². The van der Waals surface area contributed by atoms with Crippen LogP contribution in [0.2, 0.25) is 0 Å². The van der Waals surface area contributed by atoms with Gasteiger partial charge >= 0.3 is 0 Å². The van der Waals surface area contributed by atoms with E-state index < -0.39 is 11.0 Å². The summed E-state index contributed by atoms with van der Waals surface area (Å²) in [5.41, 5.74) is 3.34. The van der Waals surface area contributed by atoms with Gasteiger partial charge in [-0.05, 0) is 62.6 Å². The number of carbonyl (C=O) groups is 2. The molecule has 2 aliphatic heterocycles. The Balaban J connectivity index is 1.49. The smallest absolute Gasteiger partial charge is 0.288 e. The molecule has 2 amide bonds. The van der Waals surface area contributed by atoms with Crippen LogP contribution in [0.4, 0.5) is 20.2 Å². The number of ether oxygens (including phenoxy) is 1. The van der Waals surface area contributed by atoms with Crippen LogP contribution in [0.25, 0.3) is 0 Å². The minimum Gasteiger partial charge on any atom is -0.376 e. The molecule has 0 aromatic heterocycles. The van der Waals surface area contributed by atoms with Gasteiger partial charge in [-0.1, -0.05) is 41.2 Å². The topological polar surface area (TPSA) is 71.0 Å². The first-order chi connectivity index (χ1) is 16.8. The highest BCUT2D eigenvalue weighted by Crippen LogP contribution is 2.34. The highest BCUT2D eigenvalue weighted by Gasteiger charge is 2.40. The highest BCUT2D eigenvalue weighted by molar-refractivity contribution is 8.15. The Labute approximate surface area is 211 Å². The molecular formula is C25H27F2N3O3S2. The Morgan fingerprint density at radius 3 is 2.69 bits per heavy atom. The summed E-state index contributed by atoms with van der Waals surface area (Å²) in [6.07, 6.45) is 1.75. The van der Waals surface area contributed by atoms with E-state index >= 15 is 0 Å². The summed E-state index contributed by atoms with van der Waals surface area (Å²) < 4.78 is 30.9. The summed E-state index contributed by atoms with van der Waals surface area (Å²) in [7, 11) is 0. The van der Waals surface area contributed by atoms with E-state index in [2.05, 4.69) is 10.3 Å². The quantitative estimate of drug-likeness (QED) is 0.449. The van der Waals surface area contributed by atoms with Crippen molar-refractivity contribution in [3.63, 3.8) is 0 Å². The second-order valence-corrected chi connectivity index (χ2v) is 10.8. The predicted molar refractivity (Wildman–Crippen MR) is 137 cm³/mol.